The van der Waals surface area contributed by atoms with Gasteiger partial charge < -0.3 is 9.73 Å². The van der Waals surface area contributed by atoms with Gasteiger partial charge in [-0.15, -0.1) is 10.2 Å². The molecule has 0 saturated heterocycles. The van der Waals surface area contributed by atoms with Crippen LogP contribution in [0, 0.1) is 13.8 Å². The maximum Gasteiger partial charge on any atom is 0.277 e. The molecule has 3 rings (SSSR count). The lowest BCUT2D eigenvalue weighted by Gasteiger charge is -2.06. The summed E-state index contributed by atoms with van der Waals surface area (Å²) in [6.45, 7) is 4.04. The number of amides is 1. The number of aryl methyl sites for hydroxylation is 2. The van der Waals surface area contributed by atoms with Gasteiger partial charge in [0.05, 0.1) is 5.75 Å². The van der Waals surface area contributed by atoms with E-state index in [1.165, 1.54) is 17.3 Å². The maximum atomic E-state index is 12.0. The summed E-state index contributed by atoms with van der Waals surface area (Å²) in [7, 11) is 0. The molecule has 0 atom stereocenters. The molecule has 0 unspecified atom stereocenters. The molecule has 1 aromatic carbocycles. The van der Waals surface area contributed by atoms with E-state index in [-0.39, 0.29) is 11.7 Å². The highest BCUT2D eigenvalue weighted by Crippen LogP contribution is 2.22. The first-order valence-corrected chi connectivity index (χ1v) is 8.35. The Morgan fingerprint density at radius 1 is 1.17 bits per heavy atom. The molecular formula is C17H16N4O2S. The topological polar surface area (TPSA) is 80.9 Å². The minimum Gasteiger partial charge on any atom is -0.410 e. The van der Waals surface area contributed by atoms with E-state index in [1.54, 1.807) is 12.3 Å². The van der Waals surface area contributed by atoms with Gasteiger partial charge in [0, 0.05) is 11.9 Å². The summed E-state index contributed by atoms with van der Waals surface area (Å²) in [6, 6.07) is 11.3. The first-order chi connectivity index (χ1) is 11.6. The Balaban J connectivity index is 1.56. The molecule has 0 aliphatic rings. The lowest BCUT2D eigenvalue weighted by atomic mass is 10.1. The Kier molecular flexibility index (Phi) is 4.90. The minimum absolute atomic E-state index is 0.124. The zero-order chi connectivity index (χ0) is 16.9. The summed E-state index contributed by atoms with van der Waals surface area (Å²) in [5.41, 5.74) is 3.72. The molecule has 0 radical (unpaired) electrons. The van der Waals surface area contributed by atoms with Crippen LogP contribution in [0.25, 0.3) is 11.6 Å². The summed E-state index contributed by atoms with van der Waals surface area (Å²) in [6.07, 6.45) is 1.66. The van der Waals surface area contributed by atoms with E-state index < -0.39 is 0 Å². The van der Waals surface area contributed by atoms with Gasteiger partial charge in [0.1, 0.15) is 5.69 Å². The van der Waals surface area contributed by atoms with E-state index in [4.69, 9.17) is 4.42 Å². The van der Waals surface area contributed by atoms with Gasteiger partial charge in [0.2, 0.25) is 5.91 Å². The zero-order valence-electron chi connectivity index (χ0n) is 13.3. The van der Waals surface area contributed by atoms with Crippen molar-refractivity contribution in [3.63, 3.8) is 0 Å². The summed E-state index contributed by atoms with van der Waals surface area (Å²) in [4.78, 5) is 16.2. The molecule has 0 aliphatic carbocycles. The number of anilines is 1. The lowest BCUT2D eigenvalue weighted by molar-refractivity contribution is -0.113. The van der Waals surface area contributed by atoms with Gasteiger partial charge in [-0.1, -0.05) is 23.9 Å². The normalized spacial score (nSPS) is 10.6. The molecule has 0 aliphatic heterocycles. The van der Waals surface area contributed by atoms with E-state index in [0.29, 0.717) is 16.8 Å². The molecule has 0 spiro atoms. The van der Waals surface area contributed by atoms with Crippen LogP contribution in [0.5, 0.6) is 0 Å². The van der Waals surface area contributed by atoms with Crippen LogP contribution in [0.3, 0.4) is 0 Å². The second-order valence-corrected chi connectivity index (χ2v) is 6.15. The van der Waals surface area contributed by atoms with Crippen LogP contribution in [0.2, 0.25) is 0 Å². The van der Waals surface area contributed by atoms with Gasteiger partial charge >= 0.3 is 0 Å². The Morgan fingerprint density at radius 2 is 2.04 bits per heavy atom. The van der Waals surface area contributed by atoms with Crippen molar-refractivity contribution in [1.29, 1.82) is 0 Å². The average molecular weight is 340 g/mol. The van der Waals surface area contributed by atoms with Crippen molar-refractivity contribution < 1.29 is 9.21 Å². The Bertz CT molecular complexity index is 849. The quantitative estimate of drug-likeness (QED) is 0.716. The fourth-order valence-corrected chi connectivity index (χ4v) is 2.57. The van der Waals surface area contributed by atoms with Crippen molar-refractivity contribution in [3.05, 3.63) is 53.7 Å². The third-order valence-corrected chi connectivity index (χ3v) is 4.23. The van der Waals surface area contributed by atoms with Gasteiger partial charge in [0.25, 0.3) is 11.1 Å². The van der Waals surface area contributed by atoms with Gasteiger partial charge in [-0.2, -0.15) is 0 Å². The molecule has 24 heavy (non-hydrogen) atoms. The number of rotatable bonds is 5. The van der Waals surface area contributed by atoms with Crippen LogP contribution >= 0.6 is 11.8 Å². The molecule has 2 heterocycles. The molecule has 1 N–H and O–H groups in total. The van der Waals surface area contributed by atoms with Crippen molar-refractivity contribution in [2.24, 2.45) is 0 Å². The number of hydrogen-bond acceptors (Lipinski definition) is 6. The summed E-state index contributed by atoms with van der Waals surface area (Å²) in [5, 5.41) is 11.1. The molecule has 0 fully saturated rings. The van der Waals surface area contributed by atoms with E-state index in [1.807, 2.05) is 44.2 Å². The highest BCUT2D eigenvalue weighted by molar-refractivity contribution is 7.99. The standard InChI is InChI=1S/C17H16N4O2S/c1-11-6-7-13(9-12(11)2)19-15(22)10-24-17-21-20-16(23-17)14-5-3-4-8-18-14/h3-9H,10H2,1-2H3,(H,19,22). The van der Waals surface area contributed by atoms with Crippen molar-refractivity contribution in [3.8, 4) is 11.6 Å². The molecule has 2 aromatic heterocycles. The number of benzene rings is 1. The number of nitrogens with zero attached hydrogens (tertiary/aromatic N) is 3. The number of thioether (sulfide) groups is 1. The maximum absolute atomic E-state index is 12.0. The van der Waals surface area contributed by atoms with Crippen LogP contribution in [0.15, 0.2) is 52.2 Å². The molecule has 122 valence electrons. The van der Waals surface area contributed by atoms with Crippen LogP contribution in [-0.2, 0) is 4.79 Å². The predicted molar refractivity (Wildman–Crippen MR) is 92.8 cm³/mol. The van der Waals surface area contributed by atoms with Gasteiger partial charge in [0.15, 0.2) is 0 Å². The fourth-order valence-electron chi connectivity index (χ4n) is 2.00. The third kappa shape index (κ3) is 3.99. The summed E-state index contributed by atoms with van der Waals surface area (Å²) in [5.74, 6) is 0.407. The Labute approximate surface area is 143 Å². The molecule has 6 nitrogen and oxygen atoms in total. The van der Waals surface area contributed by atoms with Crippen molar-refractivity contribution in [2.45, 2.75) is 19.1 Å². The third-order valence-electron chi connectivity index (χ3n) is 3.41. The second-order valence-electron chi connectivity index (χ2n) is 5.22. The lowest BCUT2D eigenvalue weighted by Crippen LogP contribution is -2.14. The van der Waals surface area contributed by atoms with E-state index >= 15 is 0 Å². The average Bonchev–Trinajstić information content (AvgIpc) is 3.06. The van der Waals surface area contributed by atoms with Crippen molar-refractivity contribution in [2.75, 3.05) is 11.1 Å². The van der Waals surface area contributed by atoms with Crippen molar-refractivity contribution in [1.82, 2.24) is 15.2 Å². The predicted octanol–water partition coefficient (Wildman–Crippen LogP) is 3.48. The summed E-state index contributed by atoms with van der Waals surface area (Å²) < 4.78 is 5.50. The number of aromatic nitrogens is 3. The molecule has 3 aromatic rings. The zero-order valence-corrected chi connectivity index (χ0v) is 14.1. The van der Waals surface area contributed by atoms with Gasteiger partial charge in [-0.3, -0.25) is 9.78 Å². The molecule has 0 bridgehead atoms. The largest absolute Gasteiger partial charge is 0.410 e. The molecule has 7 heteroatoms. The first kappa shape index (κ1) is 16.2. The van der Waals surface area contributed by atoms with E-state index in [9.17, 15) is 4.79 Å². The highest BCUT2D eigenvalue weighted by Gasteiger charge is 2.12. The molecule has 1 amide bonds. The molecule has 0 saturated carbocycles. The first-order valence-electron chi connectivity index (χ1n) is 7.36. The number of hydrogen-bond donors (Lipinski definition) is 1. The Hall–Kier alpha value is -2.67. The number of nitrogens with one attached hydrogen (secondary N) is 1. The van der Waals surface area contributed by atoms with Crippen LogP contribution in [-0.4, -0.2) is 26.8 Å². The fraction of sp³-hybridized carbons (Fsp3) is 0.176. The monoisotopic (exact) mass is 340 g/mol. The van der Waals surface area contributed by atoms with Gasteiger partial charge in [-0.25, -0.2) is 0 Å². The number of carbonyl (C=O) groups excluding carboxylic acids is 1. The highest BCUT2D eigenvalue weighted by atomic mass is 32.2. The van der Waals surface area contributed by atoms with Crippen molar-refractivity contribution >= 4 is 23.4 Å². The van der Waals surface area contributed by atoms with E-state index in [2.05, 4.69) is 20.5 Å². The minimum atomic E-state index is -0.124. The van der Waals surface area contributed by atoms with Crippen LogP contribution in [0.1, 0.15) is 11.1 Å². The Morgan fingerprint density at radius 3 is 2.79 bits per heavy atom. The molecular weight excluding hydrogens is 324 g/mol. The SMILES string of the molecule is Cc1ccc(NC(=O)CSc2nnc(-c3ccccn3)o2)cc1C. The number of pyridine rings is 1. The smallest absolute Gasteiger partial charge is 0.277 e. The van der Waals surface area contributed by atoms with E-state index in [0.717, 1.165) is 11.3 Å². The number of carbonyl (C=O) groups is 1. The summed E-state index contributed by atoms with van der Waals surface area (Å²) >= 11 is 1.19. The second kappa shape index (κ2) is 7.27. The van der Waals surface area contributed by atoms with Gasteiger partial charge in [-0.05, 0) is 49.2 Å². The van der Waals surface area contributed by atoms with Crippen LogP contribution < -0.4 is 5.32 Å². The van der Waals surface area contributed by atoms with Crippen LogP contribution in [0.4, 0.5) is 5.69 Å².